The number of benzene rings is 1. The van der Waals surface area contributed by atoms with Gasteiger partial charge in [-0.2, -0.15) is 0 Å². The molecule has 2 unspecified atom stereocenters. The number of guanidine groups is 1. The Kier molecular flexibility index (Phi) is 8.25. The van der Waals surface area contributed by atoms with Crippen molar-refractivity contribution in [3.05, 3.63) is 47.0 Å². The van der Waals surface area contributed by atoms with Crippen molar-refractivity contribution in [1.82, 2.24) is 25.4 Å². The number of unbranched alkanes of at least 4 members (excludes halogenated alkanes) is 1. The first-order valence-electron chi connectivity index (χ1n) is 11.1. The summed E-state index contributed by atoms with van der Waals surface area (Å²) in [6, 6.07) is 8.73. The van der Waals surface area contributed by atoms with Gasteiger partial charge in [0.1, 0.15) is 12.4 Å². The number of aliphatic imine (C=N–C) groups is 1. The number of hydrogen-bond donors (Lipinski definition) is 2. The Morgan fingerprint density at radius 2 is 2.00 bits per heavy atom. The number of aryl methyl sites for hydroxylation is 2. The molecule has 2 heterocycles. The monoisotopic (exact) mass is 412 g/mol. The summed E-state index contributed by atoms with van der Waals surface area (Å²) in [5.74, 6) is 3.01. The highest BCUT2D eigenvalue weighted by Crippen LogP contribution is 2.33. The maximum absolute atomic E-state index is 6.17. The number of nitrogens with zero attached hydrogens (tertiary/aromatic N) is 4. The number of ether oxygens (including phenoxy) is 1. The standard InChI is InChI=1S/C23H36N6O/c1-5-6-13-24-23(26-16-21-28-27-18(3)29(21)4)25-15-20-8-7-14-30-22(20)19-11-9-17(2)10-12-19/h9-12,20,22H,5-8,13-16H2,1-4H3,(H2,24,25,26). The van der Waals surface area contributed by atoms with E-state index in [1.807, 2.05) is 18.5 Å². The molecular formula is C23H36N6O. The summed E-state index contributed by atoms with van der Waals surface area (Å²) in [5, 5.41) is 15.4. The van der Waals surface area contributed by atoms with Gasteiger partial charge in [-0.3, -0.25) is 0 Å². The highest BCUT2D eigenvalue weighted by molar-refractivity contribution is 5.79. The Balaban J connectivity index is 1.65. The third-order valence-electron chi connectivity index (χ3n) is 5.77. The molecule has 0 saturated carbocycles. The van der Waals surface area contributed by atoms with Crippen molar-refractivity contribution >= 4 is 5.96 Å². The van der Waals surface area contributed by atoms with Crippen LogP contribution in [-0.2, 0) is 18.3 Å². The van der Waals surface area contributed by atoms with E-state index >= 15 is 0 Å². The Morgan fingerprint density at radius 1 is 1.20 bits per heavy atom. The van der Waals surface area contributed by atoms with Crippen LogP contribution in [0.3, 0.4) is 0 Å². The van der Waals surface area contributed by atoms with Gasteiger partial charge >= 0.3 is 0 Å². The van der Waals surface area contributed by atoms with Crippen LogP contribution >= 0.6 is 0 Å². The molecule has 0 aliphatic carbocycles. The highest BCUT2D eigenvalue weighted by Gasteiger charge is 2.27. The predicted molar refractivity (Wildman–Crippen MR) is 120 cm³/mol. The third kappa shape index (κ3) is 6.05. The van der Waals surface area contributed by atoms with E-state index in [0.29, 0.717) is 12.5 Å². The molecule has 164 valence electrons. The molecule has 0 radical (unpaired) electrons. The van der Waals surface area contributed by atoms with Gasteiger partial charge in [-0.1, -0.05) is 43.2 Å². The number of rotatable bonds is 8. The fourth-order valence-electron chi connectivity index (χ4n) is 3.70. The molecule has 0 bridgehead atoms. The quantitative estimate of drug-likeness (QED) is 0.395. The zero-order valence-corrected chi connectivity index (χ0v) is 18.8. The summed E-state index contributed by atoms with van der Waals surface area (Å²) in [5.41, 5.74) is 2.54. The molecule has 2 N–H and O–H groups in total. The second-order valence-corrected chi connectivity index (χ2v) is 8.15. The zero-order valence-electron chi connectivity index (χ0n) is 18.8. The molecule has 7 nitrogen and oxygen atoms in total. The number of hydrogen-bond acceptors (Lipinski definition) is 4. The molecule has 1 aliphatic rings. The van der Waals surface area contributed by atoms with Crippen molar-refractivity contribution in [3.63, 3.8) is 0 Å². The lowest BCUT2D eigenvalue weighted by Crippen LogP contribution is -2.42. The summed E-state index contributed by atoms with van der Waals surface area (Å²) in [6.07, 6.45) is 4.64. The first kappa shape index (κ1) is 22.3. The van der Waals surface area contributed by atoms with Crippen molar-refractivity contribution in [1.29, 1.82) is 0 Å². The van der Waals surface area contributed by atoms with Crippen molar-refractivity contribution < 1.29 is 4.74 Å². The summed E-state index contributed by atoms with van der Waals surface area (Å²) < 4.78 is 8.15. The fraction of sp³-hybridized carbons (Fsp3) is 0.609. The Morgan fingerprint density at radius 3 is 2.70 bits per heavy atom. The van der Waals surface area contributed by atoms with Crippen molar-refractivity contribution in [3.8, 4) is 0 Å². The Hall–Kier alpha value is -2.41. The average molecular weight is 413 g/mol. The molecule has 7 heteroatoms. The SMILES string of the molecule is CCCCNC(=NCc1nnc(C)n1C)NCC1CCCOC1c1ccc(C)cc1. The normalized spacial score (nSPS) is 19.7. The van der Waals surface area contributed by atoms with Crippen LogP contribution in [-0.4, -0.2) is 40.4 Å². The van der Waals surface area contributed by atoms with Gasteiger partial charge in [0.25, 0.3) is 0 Å². The van der Waals surface area contributed by atoms with E-state index in [4.69, 9.17) is 9.73 Å². The van der Waals surface area contributed by atoms with Crippen LogP contribution in [0.4, 0.5) is 0 Å². The van der Waals surface area contributed by atoms with Gasteiger partial charge in [-0.05, 0) is 38.7 Å². The van der Waals surface area contributed by atoms with E-state index in [-0.39, 0.29) is 6.10 Å². The van der Waals surface area contributed by atoms with Gasteiger partial charge in [0, 0.05) is 32.7 Å². The zero-order chi connectivity index (χ0) is 21.3. The minimum atomic E-state index is 0.130. The summed E-state index contributed by atoms with van der Waals surface area (Å²) in [6.45, 7) is 9.33. The van der Waals surface area contributed by atoms with E-state index in [2.05, 4.69) is 58.9 Å². The minimum Gasteiger partial charge on any atom is -0.373 e. The second-order valence-electron chi connectivity index (χ2n) is 8.15. The molecule has 0 amide bonds. The molecule has 2 aromatic rings. The van der Waals surface area contributed by atoms with Gasteiger partial charge in [0.05, 0.1) is 6.10 Å². The lowest BCUT2D eigenvalue weighted by Gasteiger charge is -2.32. The van der Waals surface area contributed by atoms with E-state index in [9.17, 15) is 0 Å². The minimum absolute atomic E-state index is 0.130. The topological polar surface area (TPSA) is 76.4 Å². The van der Waals surface area contributed by atoms with Crippen LogP contribution in [0.15, 0.2) is 29.3 Å². The van der Waals surface area contributed by atoms with Gasteiger partial charge in [0.15, 0.2) is 11.8 Å². The molecule has 0 spiro atoms. The molecule has 30 heavy (non-hydrogen) atoms. The van der Waals surface area contributed by atoms with Crippen LogP contribution in [0.25, 0.3) is 0 Å². The van der Waals surface area contributed by atoms with E-state index in [0.717, 1.165) is 63.0 Å². The van der Waals surface area contributed by atoms with Crippen LogP contribution in [0.1, 0.15) is 61.5 Å². The summed E-state index contributed by atoms with van der Waals surface area (Å²) >= 11 is 0. The summed E-state index contributed by atoms with van der Waals surface area (Å²) in [4.78, 5) is 4.76. The van der Waals surface area contributed by atoms with Crippen LogP contribution < -0.4 is 10.6 Å². The van der Waals surface area contributed by atoms with E-state index < -0.39 is 0 Å². The third-order valence-corrected chi connectivity index (χ3v) is 5.77. The lowest BCUT2D eigenvalue weighted by molar-refractivity contribution is -0.0265. The maximum Gasteiger partial charge on any atom is 0.191 e. The lowest BCUT2D eigenvalue weighted by atomic mass is 9.89. The molecule has 1 aromatic carbocycles. The van der Waals surface area contributed by atoms with Crippen molar-refractivity contribution in [2.24, 2.45) is 18.0 Å². The largest absolute Gasteiger partial charge is 0.373 e. The van der Waals surface area contributed by atoms with Crippen LogP contribution in [0, 0.1) is 19.8 Å². The van der Waals surface area contributed by atoms with Gasteiger partial charge in [-0.25, -0.2) is 4.99 Å². The molecule has 1 saturated heterocycles. The van der Waals surface area contributed by atoms with E-state index in [1.165, 1.54) is 11.1 Å². The van der Waals surface area contributed by atoms with E-state index in [1.54, 1.807) is 0 Å². The predicted octanol–water partition coefficient (Wildman–Crippen LogP) is 3.44. The van der Waals surface area contributed by atoms with Gasteiger partial charge < -0.3 is 19.9 Å². The first-order chi connectivity index (χ1) is 14.6. The number of aromatic nitrogens is 3. The fourth-order valence-corrected chi connectivity index (χ4v) is 3.70. The molecular weight excluding hydrogens is 376 g/mol. The highest BCUT2D eigenvalue weighted by atomic mass is 16.5. The molecule has 3 rings (SSSR count). The van der Waals surface area contributed by atoms with Gasteiger partial charge in [0.2, 0.25) is 0 Å². The molecule has 1 fully saturated rings. The van der Waals surface area contributed by atoms with Gasteiger partial charge in [-0.15, -0.1) is 10.2 Å². The smallest absolute Gasteiger partial charge is 0.191 e. The first-order valence-corrected chi connectivity index (χ1v) is 11.1. The second kappa shape index (κ2) is 11.1. The number of nitrogens with one attached hydrogen (secondary N) is 2. The average Bonchev–Trinajstić information content (AvgIpc) is 3.08. The molecule has 1 aliphatic heterocycles. The van der Waals surface area contributed by atoms with Crippen molar-refractivity contribution in [2.45, 2.75) is 59.1 Å². The maximum atomic E-state index is 6.17. The molecule has 1 aromatic heterocycles. The van der Waals surface area contributed by atoms with Crippen molar-refractivity contribution in [2.75, 3.05) is 19.7 Å². The Labute approximate surface area is 180 Å². The molecule has 2 atom stereocenters. The Bertz CT molecular complexity index is 814. The van der Waals surface area contributed by atoms with Crippen LogP contribution in [0.2, 0.25) is 0 Å². The van der Waals surface area contributed by atoms with Crippen LogP contribution in [0.5, 0.6) is 0 Å². The summed E-state index contributed by atoms with van der Waals surface area (Å²) in [7, 11) is 1.98.